The molecule has 19 heavy (non-hydrogen) atoms. The minimum Gasteiger partial charge on any atom is -0.478 e. The van der Waals surface area contributed by atoms with Gasteiger partial charge < -0.3 is 10.4 Å². The summed E-state index contributed by atoms with van der Waals surface area (Å²) in [7, 11) is 0. The minimum absolute atomic E-state index is 0.249. The van der Waals surface area contributed by atoms with Gasteiger partial charge in [0.15, 0.2) is 0 Å². The van der Waals surface area contributed by atoms with Crippen molar-refractivity contribution in [3.05, 3.63) is 40.8 Å². The van der Waals surface area contributed by atoms with Crippen molar-refractivity contribution in [2.45, 2.75) is 26.8 Å². The molecule has 0 aliphatic carbocycles. The van der Waals surface area contributed by atoms with Crippen LogP contribution in [0.5, 0.6) is 0 Å². The van der Waals surface area contributed by atoms with Crippen LogP contribution in [-0.2, 0) is 13.0 Å². The standard InChI is InChI=1S/C13H15N3O2S/c1-3-9-5-4-6-14-10(9)7-15-12-11(13(17)18)8(2)16-19-12/h4-6,15H,3,7H2,1-2H3,(H,17,18). The van der Waals surface area contributed by atoms with Gasteiger partial charge in [-0.05, 0) is 36.5 Å². The number of carbonyl (C=O) groups is 1. The highest BCUT2D eigenvalue weighted by atomic mass is 32.1. The smallest absolute Gasteiger partial charge is 0.340 e. The zero-order valence-corrected chi connectivity index (χ0v) is 11.6. The summed E-state index contributed by atoms with van der Waals surface area (Å²) in [6.07, 6.45) is 2.64. The number of aryl methyl sites for hydroxylation is 2. The molecule has 5 nitrogen and oxygen atoms in total. The first-order chi connectivity index (χ1) is 9.13. The Morgan fingerprint density at radius 1 is 1.53 bits per heavy atom. The molecular weight excluding hydrogens is 262 g/mol. The molecule has 2 rings (SSSR count). The highest BCUT2D eigenvalue weighted by Crippen LogP contribution is 2.25. The van der Waals surface area contributed by atoms with Crippen LogP contribution in [0.25, 0.3) is 0 Å². The summed E-state index contributed by atoms with van der Waals surface area (Å²) in [5, 5.41) is 12.8. The lowest BCUT2D eigenvalue weighted by Crippen LogP contribution is -2.07. The van der Waals surface area contributed by atoms with E-state index in [1.54, 1.807) is 13.1 Å². The zero-order valence-electron chi connectivity index (χ0n) is 10.8. The topological polar surface area (TPSA) is 75.1 Å². The fourth-order valence-corrected chi connectivity index (χ4v) is 2.64. The molecule has 100 valence electrons. The molecule has 0 aliphatic heterocycles. The summed E-state index contributed by atoms with van der Waals surface area (Å²) in [4.78, 5) is 15.5. The fraction of sp³-hybridized carbons (Fsp3) is 0.308. The number of anilines is 1. The number of hydrogen-bond acceptors (Lipinski definition) is 5. The average Bonchev–Trinajstić information content (AvgIpc) is 2.78. The first kappa shape index (κ1) is 13.5. The van der Waals surface area contributed by atoms with Crippen LogP contribution in [0.3, 0.4) is 0 Å². The predicted molar refractivity (Wildman–Crippen MR) is 74.8 cm³/mol. The quantitative estimate of drug-likeness (QED) is 0.879. The molecule has 2 aromatic heterocycles. The number of aromatic carboxylic acids is 1. The van der Waals surface area contributed by atoms with Crippen LogP contribution in [0, 0.1) is 6.92 Å². The van der Waals surface area contributed by atoms with Crippen molar-refractivity contribution in [2.75, 3.05) is 5.32 Å². The summed E-state index contributed by atoms with van der Waals surface area (Å²) < 4.78 is 4.07. The first-order valence-corrected chi connectivity index (χ1v) is 6.77. The molecule has 0 aliphatic rings. The van der Waals surface area contributed by atoms with E-state index in [-0.39, 0.29) is 5.56 Å². The average molecular weight is 277 g/mol. The van der Waals surface area contributed by atoms with Crippen molar-refractivity contribution in [1.82, 2.24) is 9.36 Å². The van der Waals surface area contributed by atoms with E-state index in [4.69, 9.17) is 5.11 Å². The molecule has 0 saturated heterocycles. The maximum absolute atomic E-state index is 11.1. The molecule has 0 aromatic carbocycles. The molecular formula is C13H15N3O2S. The van der Waals surface area contributed by atoms with E-state index in [0.29, 0.717) is 17.2 Å². The third-order valence-corrected chi connectivity index (χ3v) is 3.75. The number of rotatable bonds is 5. The summed E-state index contributed by atoms with van der Waals surface area (Å²) in [5.74, 6) is -0.953. The van der Waals surface area contributed by atoms with Gasteiger partial charge in [0.05, 0.1) is 17.9 Å². The van der Waals surface area contributed by atoms with Gasteiger partial charge in [0.25, 0.3) is 0 Å². The van der Waals surface area contributed by atoms with Crippen LogP contribution in [0.2, 0.25) is 0 Å². The summed E-state index contributed by atoms with van der Waals surface area (Å²) in [5.41, 5.74) is 2.89. The minimum atomic E-state index is -0.953. The van der Waals surface area contributed by atoms with Crippen LogP contribution in [-0.4, -0.2) is 20.4 Å². The second-order valence-electron chi connectivity index (χ2n) is 4.09. The Labute approximate surface area is 115 Å². The maximum Gasteiger partial charge on any atom is 0.340 e. The molecule has 6 heteroatoms. The molecule has 0 fully saturated rings. The van der Waals surface area contributed by atoms with E-state index in [1.807, 2.05) is 12.1 Å². The van der Waals surface area contributed by atoms with Crippen LogP contribution < -0.4 is 5.32 Å². The van der Waals surface area contributed by atoms with Gasteiger partial charge in [-0.1, -0.05) is 13.0 Å². The maximum atomic E-state index is 11.1. The van der Waals surface area contributed by atoms with Crippen molar-refractivity contribution in [2.24, 2.45) is 0 Å². The lowest BCUT2D eigenvalue weighted by atomic mass is 10.1. The van der Waals surface area contributed by atoms with E-state index in [0.717, 1.165) is 17.7 Å². The van der Waals surface area contributed by atoms with Crippen molar-refractivity contribution in [3.63, 3.8) is 0 Å². The Morgan fingerprint density at radius 2 is 2.32 bits per heavy atom. The number of hydrogen-bond donors (Lipinski definition) is 2. The Kier molecular flexibility index (Phi) is 4.11. The second-order valence-corrected chi connectivity index (χ2v) is 4.87. The SMILES string of the molecule is CCc1cccnc1CNc1snc(C)c1C(=O)O. The number of aromatic nitrogens is 2. The Morgan fingerprint density at radius 3 is 3.00 bits per heavy atom. The van der Waals surface area contributed by atoms with Crippen molar-refractivity contribution >= 4 is 22.5 Å². The fourth-order valence-electron chi connectivity index (χ4n) is 1.86. The molecule has 0 unspecified atom stereocenters. The van der Waals surface area contributed by atoms with Crippen molar-refractivity contribution in [3.8, 4) is 0 Å². The normalized spacial score (nSPS) is 10.4. The van der Waals surface area contributed by atoms with Gasteiger partial charge in [0.1, 0.15) is 10.6 Å². The molecule has 0 amide bonds. The third-order valence-electron chi connectivity index (χ3n) is 2.86. The van der Waals surface area contributed by atoms with Gasteiger partial charge in [-0.15, -0.1) is 0 Å². The van der Waals surface area contributed by atoms with Gasteiger partial charge in [-0.25, -0.2) is 4.79 Å². The number of nitrogens with zero attached hydrogens (tertiary/aromatic N) is 2. The number of carboxylic acid groups (broad SMARTS) is 1. The highest BCUT2D eigenvalue weighted by Gasteiger charge is 2.17. The lowest BCUT2D eigenvalue weighted by molar-refractivity contribution is 0.0697. The van der Waals surface area contributed by atoms with Crippen LogP contribution in [0.4, 0.5) is 5.00 Å². The molecule has 0 spiro atoms. The summed E-state index contributed by atoms with van der Waals surface area (Å²) in [6.45, 7) is 4.27. The van der Waals surface area contributed by atoms with Gasteiger partial charge in [-0.2, -0.15) is 4.37 Å². The lowest BCUT2D eigenvalue weighted by Gasteiger charge is -2.08. The van der Waals surface area contributed by atoms with Crippen LogP contribution >= 0.6 is 11.5 Å². The molecule has 2 N–H and O–H groups in total. The van der Waals surface area contributed by atoms with Crippen molar-refractivity contribution < 1.29 is 9.90 Å². The van der Waals surface area contributed by atoms with Gasteiger partial charge >= 0.3 is 5.97 Å². The Hall–Kier alpha value is -1.95. The van der Waals surface area contributed by atoms with Gasteiger partial charge in [-0.3, -0.25) is 4.98 Å². The van der Waals surface area contributed by atoms with E-state index in [2.05, 4.69) is 21.6 Å². The van der Waals surface area contributed by atoms with E-state index in [1.165, 1.54) is 11.5 Å². The van der Waals surface area contributed by atoms with Gasteiger partial charge in [0.2, 0.25) is 0 Å². The molecule has 0 bridgehead atoms. The third kappa shape index (κ3) is 2.90. The number of pyridine rings is 1. The Balaban J connectivity index is 2.17. The first-order valence-electron chi connectivity index (χ1n) is 5.99. The monoisotopic (exact) mass is 277 g/mol. The molecule has 2 aromatic rings. The number of carboxylic acids is 1. The van der Waals surface area contributed by atoms with E-state index >= 15 is 0 Å². The molecule has 0 atom stereocenters. The van der Waals surface area contributed by atoms with E-state index < -0.39 is 5.97 Å². The summed E-state index contributed by atoms with van der Waals surface area (Å²) in [6, 6.07) is 3.93. The highest BCUT2D eigenvalue weighted by molar-refractivity contribution is 7.10. The summed E-state index contributed by atoms with van der Waals surface area (Å²) >= 11 is 1.17. The molecule has 2 heterocycles. The zero-order chi connectivity index (χ0) is 13.8. The van der Waals surface area contributed by atoms with Crippen LogP contribution in [0.15, 0.2) is 18.3 Å². The predicted octanol–water partition coefficient (Wildman–Crippen LogP) is 2.72. The molecule has 0 radical (unpaired) electrons. The van der Waals surface area contributed by atoms with Crippen LogP contribution in [0.1, 0.15) is 34.2 Å². The Bertz CT molecular complexity index is 595. The van der Waals surface area contributed by atoms with E-state index in [9.17, 15) is 4.79 Å². The molecule has 0 saturated carbocycles. The number of nitrogens with one attached hydrogen (secondary N) is 1. The second kappa shape index (κ2) is 5.79. The largest absolute Gasteiger partial charge is 0.478 e. The van der Waals surface area contributed by atoms with Crippen molar-refractivity contribution in [1.29, 1.82) is 0 Å². The van der Waals surface area contributed by atoms with Gasteiger partial charge in [0, 0.05) is 6.20 Å².